The molecule has 0 fully saturated rings. The molecule has 2 aromatic rings. The Labute approximate surface area is 180 Å². The molecule has 0 aliphatic rings. The minimum Gasteiger partial charge on any atom is -0.405 e. The van der Waals surface area contributed by atoms with Crippen LogP contribution >= 0.6 is 0 Å². The van der Waals surface area contributed by atoms with E-state index in [1.165, 1.54) is 10.4 Å². The van der Waals surface area contributed by atoms with E-state index >= 15 is 0 Å². The maximum Gasteiger partial charge on any atom is 0.261 e. The standard InChI is InChI=1S/C24H33NO2SSi/c1-8-20(25-28(26)23(2,3)4)19-27-29(24(5,6)7,21-15-11-9-12-16-21)22-17-13-10-14-18-22/h1,9-18,20,25H,19H2,2-7H3/t20-,28+/m0/s1. The molecule has 0 saturated carbocycles. The predicted octanol–water partition coefficient (Wildman–Crippen LogP) is 3.62. The van der Waals surface area contributed by atoms with Gasteiger partial charge < -0.3 is 4.43 Å². The van der Waals surface area contributed by atoms with Gasteiger partial charge in [-0.3, -0.25) is 0 Å². The van der Waals surface area contributed by atoms with E-state index in [1.54, 1.807) is 0 Å². The van der Waals surface area contributed by atoms with Crippen molar-refractivity contribution in [3.8, 4) is 12.3 Å². The first-order valence-electron chi connectivity index (χ1n) is 9.91. The summed E-state index contributed by atoms with van der Waals surface area (Å²) >= 11 is 0. The van der Waals surface area contributed by atoms with Crippen LogP contribution in [0.15, 0.2) is 60.7 Å². The molecule has 0 aromatic heterocycles. The number of benzene rings is 2. The van der Waals surface area contributed by atoms with Gasteiger partial charge in [0.1, 0.15) is 6.04 Å². The van der Waals surface area contributed by atoms with Crippen molar-refractivity contribution in [2.45, 2.75) is 57.4 Å². The lowest BCUT2D eigenvalue weighted by molar-refractivity contribution is 0.285. The molecule has 2 atom stereocenters. The van der Waals surface area contributed by atoms with Crippen LogP contribution in [-0.4, -0.2) is 29.9 Å². The summed E-state index contributed by atoms with van der Waals surface area (Å²) in [6, 6.07) is 20.4. The fraction of sp³-hybridized carbons (Fsp3) is 0.417. The number of hydrogen-bond acceptors (Lipinski definition) is 2. The first-order chi connectivity index (χ1) is 13.5. The molecule has 0 amide bonds. The van der Waals surface area contributed by atoms with Crippen molar-refractivity contribution in [1.29, 1.82) is 0 Å². The zero-order valence-corrected chi connectivity index (χ0v) is 20.2. The topological polar surface area (TPSA) is 38.3 Å². The Kier molecular flexibility index (Phi) is 7.64. The van der Waals surface area contributed by atoms with Gasteiger partial charge >= 0.3 is 0 Å². The Bertz CT molecular complexity index is 809. The average molecular weight is 428 g/mol. The van der Waals surface area contributed by atoms with Gasteiger partial charge in [0.15, 0.2) is 0 Å². The second kappa shape index (κ2) is 9.40. The second-order valence-electron chi connectivity index (χ2n) is 9.19. The van der Waals surface area contributed by atoms with Crippen molar-refractivity contribution >= 4 is 29.7 Å². The predicted molar refractivity (Wildman–Crippen MR) is 127 cm³/mol. The molecule has 5 heteroatoms. The maximum atomic E-state index is 12.6. The van der Waals surface area contributed by atoms with Gasteiger partial charge in [0.05, 0.1) is 22.3 Å². The molecule has 0 radical (unpaired) electrons. The molecule has 156 valence electrons. The van der Waals surface area contributed by atoms with Crippen molar-refractivity contribution in [3.05, 3.63) is 60.7 Å². The highest BCUT2D eigenvalue weighted by molar-refractivity contribution is 7.84. The highest BCUT2D eigenvalue weighted by Crippen LogP contribution is 2.36. The minimum absolute atomic E-state index is 0.127. The van der Waals surface area contributed by atoms with E-state index in [0.717, 1.165) is 0 Å². The van der Waals surface area contributed by atoms with Crippen LogP contribution in [-0.2, 0) is 15.4 Å². The quantitative estimate of drug-likeness (QED) is 0.541. The summed E-state index contributed by atoms with van der Waals surface area (Å²) in [6.07, 6.45) is 5.77. The zero-order chi connectivity index (χ0) is 21.7. The van der Waals surface area contributed by atoms with Crippen molar-refractivity contribution in [2.75, 3.05) is 6.61 Å². The first-order valence-corrected chi connectivity index (χ1v) is 13.0. The fourth-order valence-corrected chi connectivity index (χ4v) is 8.71. The van der Waals surface area contributed by atoms with Gasteiger partial charge in [-0.25, -0.2) is 8.93 Å². The summed E-state index contributed by atoms with van der Waals surface area (Å²) in [5.41, 5.74) is 0. The molecular formula is C24H33NO2SSi. The van der Waals surface area contributed by atoms with Gasteiger partial charge in [-0.05, 0) is 36.2 Å². The Morgan fingerprint density at radius 3 is 1.76 bits per heavy atom. The lowest BCUT2D eigenvalue weighted by Gasteiger charge is -2.43. The summed E-state index contributed by atoms with van der Waals surface area (Å²) in [5, 5.41) is 2.27. The Morgan fingerprint density at radius 1 is 0.966 bits per heavy atom. The number of terminal acetylenes is 1. The molecule has 2 rings (SSSR count). The summed E-state index contributed by atoms with van der Waals surface area (Å²) in [4.78, 5) is 0. The van der Waals surface area contributed by atoms with Crippen LogP contribution in [0.2, 0.25) is 5.04 Å². The molecule has 0 aliphatic heterocycles. The van der Waals surface area contributed by atoms with Gasteiger partial charge in [-0.15, -0.1) is 6.42 Å². The Morgan fingerprint density at radius 2 is 1.41 bits per heavy atom. The van der Waals surface area contributed by atoms with Gasteiger partial charge in [-0.2, -0.15) is 0 Å². The van der Waals surface area contributed by atoms with Crippen LogP contribution in [0.1, 0.15) is 41.5 Å². The molecule has 0 aliphatic carbocycles. The maximum absolute atomic E-state index is 12.6. The molecular weight excluding hydrogens is 394 g/mol. The highest BCUT2D eigenvalue weighted by Gasteiger charge is 2.50. The zero-order valence-electron chi connectivity index (χ0n) is 18.4. The third-order valence-corrected chi connectivity index (χ3v) is 11.5. The lowest BCUT2D eigenvalue weighted by Crippen LogP contribution is -2.67. The van der Waals surface area contributed by atoms with Gasteiger partial charge in [0.2, 0.25) is 0 Å². The Hall–Kier alpha value is -1.71. The van der Waals surface area contributed by atoms with Crippen LogP contribution in [0, 0.1) is 12.3 Å². The van der Waals surface area contributed by atoms with Crippen LogP contribution in [0.4, 0.5) is 0 Å². The summed E-state index contributed by atoms with van der Waals surface area (Å²) < 4.78 is 22.1. The Balaban J connectivity index is 2.46. The summed E-state index contributed by atoms with van der Waals surface area (Å²) in [6.45, 7) is 12.7. The molecule has 3 nitrogen and oxygen atoms in total. The minimum atomic E-state index is -2.66. The van der Waals surface area contributed by atoms with E-state index in [9.17, 15) is 4.21 Å². The van der Waals surface area contributed by atoms with Crippen molar-refractivity contribution < 1.29 is 8.63 Å². The molecule has 0 spiro atoms. The van der Waals surface area contributed by atoms with Crippen LogP contribution in [0.3, 0.4) is 0 Å². The second-order valence-corrected chi connectivity index (χ2v) is 15.5. The van der Waals surface area contributed by atoms with Crippen molar-refractivity contribution in [3.63, 3.8) is 0 Å². The molecule has 2 aromatic carbocycles. The van der Waals surface area contributed by atoms with E-state index in [4.69, 9.17) is 10.8 Å². The summed E-state index contributed by atoms with van der Waals surface area (Å²) in [7, 11) is -3.92. The van der Waals surface area contributed by atoms with E-state index in [2.05, 4.69) is 79.9 Å². The van der Waals surface area contributed by atoms with E-state index < -0.39 is 30.1 Å². The number of rotatable bonds is 7. The van der Waals surface area contributed by atoms with Crippen LogP contribution < -0.4 is 15.1 Å². The third kappa shape index (κ3) is 5.46. The normalized spacial score (nSPS) is 14.8. The van der Waals surface area contributed by atoms with Crippen LogP contribution in [0.25, 0.3) is 0 Å². The molecule has 0 heterocycles. The van der Waals surface area contributed by atoms with Gasteiger partial charge in [0, 0.05) is 0 Å². The van der Waals surface area contributed by atoms with Crippen molar-refractivity contribution in [2.24, 2.45) is 0 Å². The molecule has 0 unspecified atom stereocenters. The highest BCUT2D eigenvalue weighted by atomic mass is 32.2. The first kappa shape index (κ1) is 23.6. The molecule has 0 saturated heterocycles. The van der Waals surface area contributed by atoms with Gasteiger partial charge in [0.25, 0.3) is 8.32 Å². The van der Waals surface area contributed by atoms with Gasteiger partial charge in [-0.1, -0.05) is 87.4 Å². The fourth-order valence-electron chi connectivity index (χ4n) is 3.39. The van der Waals surface area contributed by atoms with Crippen LogP contribution in [0.5, 0.6) is 0 Å². The number of nitrogens with one attached hydrogen (secondary N) is 1. The summed E-state index contributed by atoms with van der Waals surface area (Å²) in [5.74, 6) is 2.73. The smallest absolute Gasteiger partial charge is 0.261 e. The lowest BCUT2D eigenvalue weighted by atomic mass is 10.2. The van der Waals surface area contributed by atoms with E-state index in [0.29, 0.717) is 6.61 Å². The van der Waals surface area contributed by atoms with E-state index in [1.807, 2.05) is 32.9 Å². The van der Waals surface area contributed by atoms with E-state index in [-0.39, 0.29) is 5.04 Å². The molecule has 29 heavy (non-hydrogen) atoms. The largest absolute Gasteiger partial charge is 0.405 e. The average Bonchev–Trinajstić information content (AvgIpc) is 2.67. The monoisotopic (exact) mass is 427 g/mol. The molecule has 0 bridgehead atoms. The number of hydrogen-bond donors (Lipinski definition) is 1. The van der Waals surface area contributed by atoms with Crippen molar-refractivity contribution in [1.82, 2.24) is 4.72 Å². The molecule has 1 N–H and O–H groups in total. The third-order valence-electron chi connectivity index (χ3n) is 4.89. The SMILES string of the molecule is C#C[C@@H](CO[Si](c1ccccc1)(c1ccccc1)C(C)(C)C)N[S@](=O)C(C)(C)C.